The Morgan fingerprint density at radius 2 is 1.95 bits per heavy atom. The molecule has 0 aromatic carbocycles. The van der Waals surface area contributed by atoms with Crippen molar-refractivity contribution in [1.82, 2.24) is 10.3 Å². The zero-order valence-electron chi connectivity index (χ0n) is 13.6. The van der Waals surface area contributed by atoms with Gasteiger partial charge >= 0.3 is 0 Å². The normalized spacial score (nSPS) is 17.2. The third-order valence-corrected chi connectivity index (χ3v) is 4.89. The predicted molar refractivity (Wildman–Crippen MR) is 90.3 cm³/mol. The third kappa shape index (κ3) is 5.08. The molecule has 2 heterocycles. The van der Waals surface area contributed by atoms with E-state index in [1.165, 1.54) is 5.56 Å². The number of rotatable bonds is 4. The van der Waals surface area contributed by atoms with E-state index >= 15 is 0 Å². The first-order chi connectivity index (χ1) is 9.87. The number of hydrogen-bond donors (Lipinski definition) is 1. The molecule has 1 aliphatic heterocycles. The Kier molecular flexibility index (Phi) is 5.38. The molecule has 5 heteroatoms. The molecular weight excluding hydrogens is 282 g/mol. The van der Waals surface area contributed by atoms with Gasteiger partial charge in [-0.3, -0.25) is 4.21 Å². The van der Waals surface area contributed by atoms with Crippen LogP contribution >= 0.6 is 0 Å². The van der Waals surface area contributed by atoms with Crippen LogP contribution in [0.5, 0.6) is 0 Å². The summed E-state index contributed by atoms with van der Waals surface area (Å²) in [5.74, 6) is 2.55. The number of hydrogen-bond acceptors (Lipinski definition) is 4. The monoisotopic (exact) mass is 309 g/mol. The van der Waals surface area contributed by atoms with Gasteiger partial charge in [0.1, 0.15) is 5.82 Å². The number of aromatic nitrogens is 1. The first-order valence-electron chi connectivity index (χ1n) is 7.72. The minimum absolute atomic E-state index is 0.109. The first kappa shape index (κ1) is 16.4. The molecule has 0 saturated carbocycles. The quantitative estimate of drug-likeness (QED) is 0.925. The van der Waals surface area contributed by atoms with E-state index in [-0.39, 0.29) is 5.54 Å². The minimum atomic E-state index is -0.644. The van der Waals surface area contributed by atoms with Gasteiger partial charge in [-0.1, -0.05) is 6.92 Å². The zero-order chi connectivity index (χ0) is 15.5. The molecule has 0 aliphatic carbocycles. The van der Waals surface area contributed by atoms with Crippen LogP contribution in [0.25, 0.3) is 0 Å². The van der Waals surface area contributed by atoms with Crippen LogP contribution in [0.1, 0.15) is 39.0 Å². The molecule has 118 valence electrons. The number of nitrogens with zero attached hydrogens (tertiary/aromatic N) is 2. The van der Waals surface area contributed by atoms with Crippen LogP contribution in [-0.2, 0) is 23.8 Å². The Balaban J connectivity index is 2.15. The summed E-state index contributed by atoms with van der Waals surface area (Å²) < 4.78 is 11.5. The van der Waals surface area contributed by atoms with Crippen molar-refractivity contribution in [3.63, 3.8) is 0 Å². The van der Waals surface area contributed by atoms with Crippen molar-refractivity contribution >= 4 is 16.6 Å². The Hall–Kier alpha value is -0.940. The molecule has 1 N–H and O–H groups in total. The summed E-state index contributed by atoms with van der Waals surface area (Å²) in [5.41, 5.74) is 2.51. The number of aryl methyl sites for hydroxylation is 1. The second-order valence-corrected chi connectivity index (χ2v) is 8.31. The lowest BCUT2D eigenvalue weighted by molar-refractivity contribution is 0.424. The van der Waals surface area contributed by atoms with Gasteiger partial charge in [0.25, 0.3) is 0 Å². The molecule has 1 saturated heterocycles. The van der Waals surface area contributed by atoms with E-state index < -0.39 is 10.8 Å². The largest absolute Gasteiger partial charge is 0.355 e. The van der Waals surface area contributed by atoms with Gasteiger partial charge in [0.2, 0.25) is 0 Å². The Labute approximate surface area is 130 Å². The van der Waals surface area contributed by atoms with Gasteiger partial charge in [0, 0.05) is 53.2 Å². The van der Waals surface area contributed by atoms with E-state index in [2.05, 4.69) is 50.0 Å². The van der Waals surface area contributed by atoms with Gasteiger partial charge in [0.05, 0.1) is 0 Å². The van der Waals surface area contributed by atoms with E-state index in [0.717, 1.165) is 49.1 Å². The van der Waals surface area contributed by atoms with Crippen LogP contribution in [0.4, 0.5) is 5.82 Å². The van der Waals surface area contributed by atoms with Crippen molar-refractivity contribution < 1.29 is 4.21 Å². The van der Waals surface area contributed by atoms with Crippen molar-refractivity contribution in [2.45, 2.75) is 46.2 Å². The van der Waals surface area contributed by atoms with Gasteiger partial charge in [-0.05, 0) is 44.9 Å². The van der Waals surface area contributed by atoms with Crippen LogP contribution in [0, 0.1) is 0 Å². The standard InChI is InChI=1S/C16H27N3OS/c1-5-14-10-13(12-17-16(2,3)4)11-15(18-14)19-6-8-21(20)9-7-19/h10-11,17H,5-9,12H2,1-4H3. The maximum atomic E-state index is 11.5. The highest BCUT2D eigenvalue weighted by molar-refractivity contribution is 7.85. The second-order valence-electron chi connectivity index (χ2n) is 6.62. The zero-order valence-corrected chi connectivity index (χ0v) is 14.4. The topological polar surface area (TPSA) is 45.2 Å². The van der Waals surface area contributed by atoms with Crippen LogP contribution < -0.4 is 10.2 Å². The van der Waals surface area contributed by atoms with Crippen molar-refractivity contribution in [3.05, 3.63) is 23.4 Å². The molecule has 21 heavy (non-hydrogen) atoms. The SMILES string of the molecule is CCc1cc(CNC(C)(C)C)cc(N2CCS(=O)CC2)n1. The highest BCUT2D eigenvalue weighted by Crippen LogP contribution is 2.18. The fourth-order valence-corrected chi connectivity index (χ4v) is 3.36. The summed E-state index contributed by atoms with van der Waals surface area (Å²) in [4.78, 5) is 7.01. The molecule has 0 radical (unpaired) electrons. The Bertz CT molecular complexity index is 501. The maximum absolute atomic E-state index is 11.5. The van der Waals surface area contributed by atoms with Crippen molar-refractivity contribution in [1.29, 1.82) is 0 Å². The molecule has 1 aromatic rings. The molecule has 0 unspecified atom stereocenters. The van der Waals surface area contributed by atoms with Gasteiger partial charge in [-0.2, -0.15) is 0 Å². The summed E-state index contributed by atoms with van der Waals surface area (Å²) in [7, 11) is -0.644. The number of anilines is 1. The van der Waals surface area contributed by atoms with Crippen LogP contribution in [0.2, 0.25) is 0 Å². The predicted octanol–water partition coefficient (Wildman–Crippen LogP) is 2.10. The van der Waals surface area contributed by atoms with Gasteiger partial charge in [-0.25, -0.2) is 4.98 Å². The molecule has 0 amide bonds. The van der Waals surface area contributed by atoms with Gasteiger partial charge < -0.3 is 10.2 Å². The molecular formula is C16H27N3OS. The summed E-state index contributed by atoms with van der Waals surface area (Å²) in [6, 6.07) is 4.36. The summed E-state index contributed by atoms with van der Waals surface area (Å²) >= 11 is 0. The molecule has 0 bridgehead atoms. The lowest BCUT2D eigenvalue weighted by atomic mass is 10.1. The van der Waals surface area contributed by atoms with E-state index in [9.17, 15) is 4.21 Å². The molecule has 1 fully saturated rings. The third-order valence-electron chi connectivity index (χ3n) is 3.61. The van der Waals surface area contributed by atoms with E-state index in [1.54, 1.807) is 0 Å². The van der Waals surface area contributed by atoms with Crippen molar-refractivity contribution in [2.75, 3.05) is 29.5 Å². The molecule has 1 aliphatic rings. The Morgan fingerprint density at radius 1 is 1.29 bits per heavy atom. The van der Waals surface area contributed by atoms with Gasteiger partial charge in [-0.15, -0.1) is 0 Å². The lowest BCUT2D eigenvalue weighted by Crippen LogP contribution is -2.38. The van der Waals surface area contributed by atoms with Gasteiger partial charge in [0.15, 0.2) is 0 Å². The minimum Gasteiger partial charge on any atom is -0.355 e. The summed E-state index contributed by atoms with van der Waals surface area (Å²) in [5, 5.41) is 3.53. The highest BCUT2D eigenvalue weighted by Gasteiger charge is 2.18. The Morgan fingerprint density at radius 3 is 2.52 bits per heavy atom. The molecule has 1 aromatic heterocycles. The number of pyridine rings is 1. The molecule has 2 rings (SSSR count). The van der Waals surface area contributed by atoms with E-state index in [0.29, 0.717) is 0 Å². The van der Waals surface area contributed by atoms with Crippen molar-refractivity contribution in [2.24, 2.45) is 0 Å². The smallest absolute Gasteiger partial charge is 0.129 e. The van der Waals surface area contributed by atoms with Crippen LogP contribution in [-0.4, -0.2) is 39.3 Å². The maximum Gasteiger partial charge on any atom is 0.129 e. The fourth-order valence-electron chi connectivity index (χ4n) is 2.31. The fraction of sp³-hybridized carbons (Fsp3) is 0.688. The lowest BCUT2D eigenvalue weighted by Gasteiger charge is -2.28. The molecule has 4 nitrogen and oxygen atoms in total. The summed E-state index contributed by atoms with van der Waals surface area (Å²) in [6.07, 6.45) is 0.941. The van der Waals surface area contributed by atoms with E-state index in [4.69, 9.17) is 4.98 Å². The van der Waals surface area contributed by atoms with Crippen LogP contribution in [0.3, 0.4) is 0 Å². The molecule has 0 spiro atoms. The average Bonchev–Trinajstić information content (AvgIpc) is 2.45. The first-order valence-corrected chi connectivity index (χ1v) is 9.21. The van der Waals surface area contributed by atoms with Crippen molar-refractivity contribution in [3.8, 4) is 0 Å². The average molecular weight is 309 g/mol. The van der Waals surface area contributed by atoms with E-state index in [1.807, 2.05) is 0 Å². The van der Waals surface area contributed by atoms with Crippen LogP contribution in [0.15, 0.2) is 12.1 Å². The molecule has 0 atom stereocenters. The summed E-state index contributed by atoms with van der Waals surface area (Å²) in [6.45, 7) is 11.2. The second kappa shape index (κ2) is 6.88. The number of nitrogens with one attached hydrogen (secondary N) is 1. The highest BCUT2D eigenvalue weighted by atomic mass is 32.2.